The van der Waals surface area contributed by atoms with E-state index in [0.717, 1.165) is 44.8 Å². The van der Waals surface area contributed by atoms with Gasteiger partial charge in [-0.25, -0.2) is 0 Å². The fourth-order valence-electron chi connectivity index (χ4n) is 2.30. The highest BCUT2D eigenvalue weighted by atomic mass is 16.1. The average molecular weight is 197 g/mol. The normalized spacial score (nSPS) is 28.4. The van der Waals surface area contributed by atoms with Crippen molar-refractivity contribution in [2.45, 2.75) is 40.0 Å². The van der Waals surface area contributed by atoms with E-state index < -0.39 is 0 Å². The minimum Gasteiger partial charge on any atom is -0.303 e. The van der Waals surface area contributed by atoms with Gasteiger partial charge in [0, 0.05) is 18.9 Å². The summed E-state index contributed by atoms with van der Waals surface area (Å²) in [4.78, 5) is 14.0. The molecule has 1 aliphatic carbocycles. The van der Waals surface area contributed by atoms with E-state index >= 15 is 0 Å². The molecule has 82 valence electrons. The number of hydrogen-bond donors (Lipinski definition) is 0. The number of carbonyl (C=O) groups is 1. The molecule has 0 saturated heterocycles. The lowest BCUT2D eigenvalue weighted by Crippen LogP contribution is -2.36. The van der Waals surface area contributed by atoms with Crippen molar-refractivity contribution in [1.29, 1.82) is 0 Å². The summed E-state index contributed by atoms with van der Waals surface area (Å²) in [6.45, 7) is 9.71. The maximum absolute atomic E-state index is 11.7. The first-order chi connectivity index (χ1) is 6.67. The van der Waals surface area contributed by atoms with E-state index in [0.29, 0.717) is 11.7 Å². The lowest BCUT2D eigenvalue weighted by Gasteiger charge is -2.29. The molecule has 0 heterocycles. The molecule has 1 aliphatic rings. The van der Waals surface area contributed by atoms with Gasteiger partial charge in [-0.2, -0.15) is 0 Å². The predicted molar refractivity (Wildman–Crippen MR) is 59.3 cm³/mol. The number of Topliss-reactive ketones (excluding diaryl/α,β-unsaturated/α-hetero) is 1. The Balaban J connectivity index is 2.44. The van der Waals surface area contributed by atoms with Crippen molar-refractivity contribution in [3.63, 3.8) is 0 Å². The summed E-state index contributed by atoms with van der Waals surface area (Å²) in [6.07, 6.45) is 3.02. The van der Waals surface area contributed by atoms with E-state index in [1.807, 2.05) is 0 Å². The van der Waals surface area contributed by atoms with Gasteiger partial charge in [-0.15, -0.1) is 0 Å². The van der Waals surface area contributed by atoms with Crippen LogP contribution in [0.3, 0.4) is 0 Å². The van der Waals surface area contributed by atoms with Crippen molar-refractivity contribution in [2.24, 2.45) is 11.8 Å². The third-order valence-corrected chi connectivity index (χ3v) is 3.40. The van der Waals surface area contributed by atoms with Crippen molar-refractivity contribution in [1.82, 2.24) is 4.90 Å². The maximum atomic E-state index is 11.7. The smallest absolute Gasteiger partial charge is 0.137 e. The van der Waals surface area contributed by atoms with E-state index in [4.69, 9.17) is 0 Å². The molecule has 0 N–H and O–H groups in total. The second-order valence-electron chi connectivity index (χ2n) is 4.53. The van der Waals surface area contributed by atoms with E-state index in [1.165, 1.54) is 0 Å². The van der Waals surface area contributed by atoms with Gasteiger partial charge in [0.05, 0.1) is 0 Å². The third kappa shape index (κ3) is 3.09. The second-order valence-corrected chi connectivity index (χ2v) is 4.53. The SMILES string of the molecule is CCN(CC)CC1CC(C)CCC1=O. The van der Waals surface area contributed by atoms with Crippen LogP contribution in [0, 0.1) is 11.8 Å². The van der Waals surface area contributed by atoms with Gasteiger partial charge in [0.15, 0.2) is 0 Å². The van der Waals surface area contributed by atoms with Crippen molar-refractivity contribution < 1.29 is 4.79 Å². The van der Waals surface area contributed by atoms with Crippen LogP contribution in [0.25, 0.3) is 0 Å². The summed E-state index contributed by atoms with van der Waals surface area (Å²) in [5.41, 5.74) is 0. The number of ketones is 1. The highest BCUT2D eigenvalue weighted by molar-refractivity contribution is 5.81. The van der Waals surface area contributed by atoms with Gasteiger partial charge in [-0.1, -0.05) is 20.8 Å². The molecule has 2 unspecified atom stereocenters. The summed E-state index contributed by atoms with van der Waals surface area (Å²) in [6, 6.07) is 0. The zero-order valence-electron chi connectivity index (χ0n) is 9.75. The zero-order chi connectivity index (χ0) is 10.6. The van der Waals surface area contributed by atoms with E-state index in [9.17, 15) is 4.79 Å². The topological polar surface area (TPSA) is 20.3 Å². The Morgan fingerprint density at radius 3 is 2.57 bits per heavy atom. The lowest BCUT2D eigenvalue weighted by atomic mass is 9.81. The Morgan fingerprint density at radius 1 is 1.36 bits per heavy atom. The molecule has 14 heavy (non-hydrogen) atoms. The largest absolute Gasteiger partial charge is 0.303 e. The summed E-state index contributed by atoms with van der Waals surface area (Å²) < 4.78 is 0. The average Bonchev–Trinajstić information content (AvgIpc) is 2.19. The van der Waals surface area contributed by atoms with Crippen molar-refractivity contribution >= 4 is 5.78 Å². The Kier molecular flexibility index (Phi) is 4.59. The van der Waals surface area contributed by atoms with E-state index in [2.05, 4.69) is 25.7 Å². The number of carbonyl (C=O) groups excluding carboxylic acids is 1. The minimum atomic E-state index is 0.318. The molecule has 1 rings (SSSR count). The summed E-state index contributed by atoms with van der Waals surface area (Å²) >= 11 is 0. The quantitative estimate of drug-likeness (QED) is 0.689. The molecule has 0 radical (unpaired) electrons. The molecule has 0 aromatic heterocycles. The first kappa shape index (κ1) is 11.7. The van der Waals surface area contributed by atoms with Gasteiger partial charge >= 0.3 is 0 Å². The minimum absolute atomic E-state index is 0.318. The highest BCUT2D eigenvalue weighted by Crippen LogP contribution is 2.26. The van der Waals surface area contributed by atoms with Crippen LogP contribution in [-0.2, 0) is 4.79 Å². The van der Waals surface area contributed by atoms with Crippen molar-refractivity contribution in [2.75, 3.05) is 19.6 Å². The van der Waals surface area contributed by atoms with Crippen LogP contribution < -0.4 is 0 Å². The Bertz CT molecular complexity index is 187. The molecule has 0 aromatic rings. The van der Waals surface area contributed by atoms with Crippen LogP contribution in [0.1, 0.15) is 40.0 Å². The van der Waals surface area contributed by atoms with E-state index in [-0.39, 0.29) is 0 Å². The number of rotatable bonds is 4. The molecule has 1 fully saturated rings. The van der Waals surface area contributed by atoms with Gasteiger partial charge in [0.2, 0.25) is 0 Å². The van der Waals surface area contributed by atoms with Gasteiger partial charge in [0.25, 0.3) is 0 Å². The summed E-state index contributed by atoms with van der Waals surface area (Å²) in [5.74, 6) is 1.56. The van der Waals surface area contributed by atoms with Gasteiger partial charge in [-0.05, 0) is 31.8 Å². The molecule has 0 bridgehead atoms. The second kappa shape index (κ2) is 5.50. The number of nitrogens with zero attached hydrogens (tertiary/aromatic N) is 1. The van der Waals surface area contributed by atoms with Crippen LogP contribution >= 0.6 is 0 Å². The molecule has 0 amide bonds. The van der Waals surface area contributed by atoms with Crippen LogP contribution in [0.5, 0.6) is 0 Å². The van der Waals surface area contributed by atoms with Crippen LogP contribution in [-0.4, -0.2) is 30.3 Å². The van der Waals surface area contributed by atoms with Crippen LogP contribution in [0.15, 0.2) is 0 Å². The van der Waals surface area contributed by atoms with Gasteiger partial charge in [0.1, 0.15) is 5.78 Å². The molecule has 2 nitrogen and oxygen atoms in total. The predicted octanol–water partition coefficient (Wildman–Crippen LogP) is 2.33. The molecular weight excluding hydrogens is 174 g/mol. The van der Waals surface area contributed by atoms with E-state index in [1.54, 1.807) is 0 Å². The Hall–Kier alpha value is -0.370. The Labute approximate surface area is 87.7 Å². The van der Waals surface area contributed by atoms with Crippen molar-refractivity contribution in [3.8, 4) is 0 Å². The monoisotopic (exact) mass is 197 g/mol. The first-order valence-electron chi connectivity index (χ1n) is 5.92. The molecule has 1 saturated carbocycles. The maximum Gasteiger partial charge on any atom is 0.137 e. The van der Waals surface area contributed by atoms with Gasteiger partial charge in [-0.3, -0.25) is 4.79 Å². The molecule has 2 heteroatoms. The summed E-state index contributed by atoms with van der Waals surface area (Å²) in [7, 11) is 0. The first-order valence-corrected chi connectivity index (χ1v) is 5.92. The number of hydrogen-bond acceptors (Lipinski definition) is 2. The van der Waals surface area contributed by atoms with Gasteiger partial charge < -0.3 is 4.90 Å². The molecular formula is C12H23NO. The highest BCUT2D eigenvalue weighted by Gasteiger charge is 2.27. The Morgan fingerprint density at radius 2 is 2.00 bits per heavy atom. The van der Waals surface area contributed by atoms with Crippen LogP contribution in [0.4, 0.5) is 0 Å². The molecule has 2 atom stereocenters. The van der Waals surface area contributed by atoms with Crippen LogP contribution in [0.2, 0.25) is 0 Å². The molecule has 0 spiro atoms. The zero-order valence-corrected chi connectivity index (χ0v) is 9.75. The lowest BCUT2D eigenvalue weighted by molar-refractivity contribution is -0.126. The summed E-state index contributed by atoms with van der Waals surface area (Å²) in [5, 5.41) is 0. The fourth-order valence-corrected chi connectivity index (χ4v) is 2.30. The fraction of sp³-hybridized carbons (Fsp3) is 0.917. The van der Waals surface area contributed by atoms with Crippen molar-refractivity contribution in [3.05, 3.63) is 0 Å². The third-order valence-electron chi connectivity index (χ3n) is 3.40. The standard InChI is InChI=1S/C12H23NO/c1-4-13(5-2)9-11-8-10(3)6-7-12(11)14/h10-11H,4-9H2,1-3H3. The molecule has 0 aliphatic heterocycles. The molecule has 0 aromatic carbocycles.